The smallest absolute Gasteiger partial charge is 0.307 e. The van der Waals surface area contributed by atoms with Crippen LogP contribution in [0.5, 0.6) is 0 Å². The van der Waals surface area contributed by atoms with E-state index in [0.29, 0.717) is 6.04 Å². The van der Waals surface area contributed by atoms with Crippen LogP contribution in [0.25, 0.3) is 0 Å². The van der Waals surface area contributed by atoms with E-state index >= 15 is 0 Å². The van der Waals surface area contributed by atoms with Gasteiger partial charge in [-0.3, -0.25) is 6.08 Å². The molecule has 0 fully saturated rings. The quantitative estimate of drug-likeness (QED) is 0.448. The summed E-state index contributed by atoms with van der Waals surface area (Å²) in [5, 5.41) is 0. The number of allylic oxidation sites excluding steroid dienone is 2. The third-order valence-corrected chi connectivity index (χ3v) is 3.96. The number of rotatable bonds is 2. The minimum atomic E-state index is 0. The normalized spacial score (nSPS) is 27.9. The summed E-state index contributed by atoms with van der Waals surface area (Å²) in [6, 6.07) is 0.495. The van der Waals surface area contributed by atoms with Crippen LogP contribution in [-0.4, -0.2) is 25.0 Å². The Labute approximate surface area is 107 Å². The summed E-state index contributed by atoms with van der Waals surface area (Å²) < 4.78 is 0. The van der Waals surface area contributed by atoms with E-state index in [9.17, 15) is 0 Å². The standard InChI is InChI=1S/C13H22N.Li/c1-9-8-13(5,11(3)10(9)2)12(4)14(6)7;/h12H,1-7H3;/q-1;+1. The second kappa shape index (κ2) is 4.91. The minimum Gasteiger partial charge on any atom is -0.307 e. The Morgan fingerprint density at radius 2 is 1.67 bits per heavy atom. The molecule has 0 N–H and O–H groups in total. The predicted molar refractivity (Wildman–Crippen MR) is 62.1 cm³/mol. The summed E-state index contributed by atoms with van der Waals surface area (Å²) in [7, 11) is 4.27. The van der Waals surface area contributed by atoms with Crippen LogP contribution in [0, 0.1) is 11.5 Å². The van der Waals surface area contributed by atoms with Crippen LogP contribution in [0.2, 0.25) is 0 Å². The first-order chi connectivity index (χ1) is 6.30. The molecule has 0 radical (unpaired) electrons. The van der Waals surface area contributed by atoms with E-state index in [2.05, 4.69) is 59.7 Å². The molecule has 1 aliphatic carbocycles. The van der Waals surface area contributed by atoms with E-state index in [4.69, 9.17) is 0 Å². The second-order valence-corrected chi connectivity index (χ2v) is 4.84. The molecule has 0 aromatic rings. The van der Waals surface area contributed by atoms with Crippen molar-refractivity contribution in [1.29, 1.82) is 0 Å². The van der Waals surface area contributed by atoms with Crippen LogP contribution in [0.4, 0.5) is 0 Å². The molecule has 1 aliphatic rings. The van der Waals surface area contributed by atoms with Gasteiger partial charge >= 0.3 is 18.9 Å². The monoisotopic (exact) mass is 199 g/mol. The Bertz CT molecular complexity index is 302. The maximum atomic E-state index is 3.61. The molecule has 0 heterocycles. The molecule has 1 nitrogen and oxygen atoms in total. The summed E-state index contributed by atoms with van der Waals surface area (Å²) in [5.74, 6) is 0. The molecule has 15 heavy (non-hydrogen) atoms. The second-order valence-electron chi connectivity index (χ2n) is 4.84. The van der Waals surface area contributed by atoms with E-state index in [-0.39, 0.29) is 24.3 Å². The Kier molecular flexibility index (Phi) is 4.93. The van der Waals surface area contributed by atoms with Gasteiger partial charge in [0.05, 0.1) is 0 Å². The van der Waals surface area contributed by atoms with Gasteiger partial charge in [0, 0.05) is 6.04 Å². The summed E-state index contributed by atoms with van der Waals surface area (Å²) in [6.45, 7) is 11.1. The van der Waals surface area contributed by atoms with Crippen molar-refractivity contribution >= 4 is 0 Å². The van der Waals surface area contributed by atoms with Gasteiger partial charge in [-0.2, -0.15) is 11.1 Å². The summed E-state index contributed by atoms with van der Waals surface area (Å²) in [5.41, 5.74) is 4.30. The molecule has 1 rings (SSSR count). The summed E-state index contributed by atoms with van der Waals surface area (Å²) >= 11 is 0. The zero-order chi connectivity index (χ0) is 11.1. The van der Waals surface area contributed by atoms with Crippen LogP contribution in [0.1, 0.15) is 34.6 Å². The van der Waals surface area contributed by atoms with Gasteiger partial charge in [0.1, 0.15) is 0 Å². The number of nitrogens with zero attached hydrogens (tertiary/aromatic N) is 1. The third-order valence-electron chi connectivity index (χ3n) is 3.96. The van der Waals surface area contributed by atoms with Crippen LogP contribution in [0.15, 0.2) is 16.7 Å². The predicted octanol–water partition coefficient (Wildman–Crippen LogP) is 0.0463. The van der Waals surface area contributed by atoms with Crippen molar-refractivity contribution in [2.75, 3.05) is 14.1 Å². The van der Waals surface area contributed by atoms with Gasteiger partial charge in [0.25, 0.3) is 0 Å². The molecule has 0 spiro atoms. The molecular formula is C13H22LiN. The third kappa shape index (κ3) is 2.41. The first-order valence-electron chi connectivity index (χ1n) is 5.27. The van der Waals surface area contributed by atoms with Gasteiger partial charge in [0.2, 0.25) is 0 Å². The molecule has 80 valence electrons. The summed E-state index contributed by atoms with van der Waals surface area (Å²) in [4.78, 5) is 2.27. The Morgan fingerprint density at radius 3 is 1.93 bits per heavy atom. The average molecular weight is 199 g/mol. The maximum Gasteiger partial charge on any atom is 1.00 e. The van der Waals surface area contributed by atoms with E-state index < -0.39 is 0 Å². The van der Waals surface area contributed by atoms with Crippen molar-refractivity contribution in [1.82, 2.24) is 4.90 Å². The number of hydrogen-bond acceptors (Lipinski definition) is 1. The van der Waals surface area contributed by atoms with E-state index in [1.807, 2.05) is 0 Å². The molecule has 0 aromatic carbocycles. The van der Waals surface area contributed by atoms with Gasteiger partial charge in [-0.25, -0.2) is 5.57 Å². The maximum absolute atomic E-state index is 3.61. The van der Waals surface area contributed by atoms with Crippen molar-refractivity contribution in [3.63, 3.8) is 0 Å². The first kappa shape index (κ1) is 15.0. The fourth-order valence-corrected chi connectivity index (χ4v) is 2.18. The molecule has 0 aliphatic heterocycles. The fourth-order valence-electron chi connectivity index (χ4n) is 2.18. The average Bonchev–Trinajstić information content (AvgIpc) is 2.30. The van der Waals surface area contributed by atoms with E-state index in [1.54, 1.807) is 0 Å². The molecule has 0 saturated heterocycles. The van der Waals surface area contributed by atoms with Gasteiger partial charge < -0.3 is 4.90 Å². The van der Waals surface area contributed by atoms with Crippen LogP contribution in [0.3, 0.4) is 0 Å². The van der Waals surface area contributed by atoms with Crippen molar-refractivity contribution in [2.45, 2.75) is 40.7 Å². The molecular weight excluding hydrogens is 177 g/mol. The zero-order valence-electron chi connectivity index (χ0n) is 11.5. The Hall–Kier alpha value is 0.0374. The zero-order valence-corrected chi connectivity index (χ0v) is 11.5. The fraction of sp³-hybridized carbons (Fsp3) is 0.692. The molecule has 0 saturated carbocycles. The van der Waals surface area contributed by atoms with Crippen LogP contribution < -0.4 is 18.9 Å². The molecule has 0 bridgehead atoms. The van der Waals surface area contributed by atoms with E-state index in [0.717, 1.165) is 0 Å². The molecule has 2 heteroatoms. The van der Waals surface area contributed by atoms with Gasteiger partial charge in [-0.15, -0.1) is 6.92 Å². The summed E-state index contributed by atoms with van der Waals surface area (Å²) in [6.07, 6.45) is 3.61. The molecule has 2 unspecified atom stereocenters. The minimum absolute atomic E-state index is 0. The van der Waals surface area contributed by atoms with Crippen LogP contribution >= 0.6 is 0 Å². The molecule has 0 amide bonds. The first-order valence-corrected chi connectivity index (χ1v) is 5.27. The Balaban J connectivity index is 0.00000196. The Morgan fingerprint density at radius 1 is 1.20 bits per heavy atom. The van der Waals surface area contributed by atoms with Gasteiger partial charge in [-0.05, 0) is 21.0 Å². The van der Waals surface area contributed by atoms with Gasteiger partial charge in [0.15, 0.2) is 0 Å². The topological polar surface area (TPSA) is 3.24 Å². The van der Waals surface area contributed by atoms with Crippen molar-refractivity contribution in [2.24, 2.45) is 5.41 Å². The van der Waals surface area contributed by atoms with E-state index in [1.165, 1.54) is 16.7 Å². The SMILES string of the molecule is CC1=[C-]C(C)(C(C)N(C)C)C(C)=C1C.[Li+]. The van der Waals surface area contributed by atoms with Crippen LogP contribution in [-0.2, 0) is 0 Å². The number of hydrogen-bond donors (Lipinski definition) is 0. The van der Waals surface area contributed by atoms with Crippen molar-refractivity contribution in [3.05, 3.63) is 22.8 Å². The van der Waals surface area contributed by atoms with Gasteiger partial charge in [-0.1, -0.05) is 26.2 Å². The van der Waals surface area contributed by atoms with Crippen molar-refractivity contribution < 1.29 is 18.9 Å². The molecule has 0 aromatic heterocycles. The molecule has 2 atom stereocenters. The van der Waals surface area contributed by atoms with Crippen molar-refractivity contribution in [3.8, 4) is 0 Å². The largest absolute Gasteiger partial charge is 1.00 e.